The standard InChI is InChI=1S/C22H24FN3O4S/c1-3-16(5-4-15(2)23)21-18(19(13-27)30-25-21)14-29-20-7-6-17(12-24-20)22(28)26-8-10-31-11-9-26/h3-7,12,27H,1,8-11,13-14H2,2H3/b15-4+,16-5+. The van der Waals surface area contributed by atoms with E-state index in [0.29, 0.717) is 28.3 Å². The Balaban J connectivity index is 1.73. The van der Waals surface area contributed by atoms with Crippen LogP contribution in [0, 0.1) is 0 Å². The number of ether oxygens (including phenoxy) is 1. The molecule has 0 atom stereocenters. The minimum Gasteiger partial charge on any atom is -0.473 e. The molecular weight excluding hydrogens is 421 g/mol. The fraction of sp³-hybridized carbons (Fsp3) is 0.318. The number of aliphatic hydroxyl groups is 1. The molecule has 0 aliphatic carbocycles. The maximum absolute atomic E-state index is 13.1. The molecule has 31 heavy (non-hydrogen) atoms. The number of allylic oxidation sites excluding steroid dienone is 5. The van der Waals surface area contributed by atoms with Crippen molar-refractivity contribution in [1.82, 2.24) is 15.0 Å². The van der Waals surface area contributed by atoms with Crippen LogP contribution in [0.3, 0.4) is 0 Å². The summed E-state index contributed by atoms with van der Waals surface area (Å²) in [5.74, 6) is 2.02. The van der Waals surface area contributed by atoms with E-state index in [1.807, 2.05) is 16.7 Å². The number of amides is 1. The summed E-state index contributed by atoms with van der Waals surface area (Å²) >= 11 is 1.84. The van der Waals surface area contributed by atoms with Crippen molar-refractivity contribution < 1.29 is 23.6 Å². The normalized spacial score (nSPS) is 15.1. The number of aromatic nitrogens is 2. The lowest BCUT2D eigenvalue weighted by molar-refractivity contribution is 0.0771. The van der Waals surface area contributed by atoms with Crippen LogP contribution >= 0.6 is 11.8 Å². The average Bonchev–Trinajstić information content (AvgIpc) is 3.21. The van der Waals surface area contributed by atoms with E-state index >= 15 is 0 Å². The second kappa shape index (κ2) is 10.9. The zero-order valence-electron chi connectivity index (χ0n) is 17.2. The highest BCUT2D eigenvalue weighted by molar-refractivity contribution is 7.99. The smallest absolute Gasteiger partial charge is 0.255 e. The first-order chi connectivity index (χ1) is 15.0. The predicted molar refractivity (Wildman–Crippen MR) is 117 cm³/mol. The summed E-state index contributed by atoms with van der Waals surface area (Å²) in [4.78, 5) is 18.6. The Hall–Kier alpha value is -2.91. The molecule has 0 spiro atoms. The Morgan fingerprint density at radius 1 is 1.39 bits per heavy atom. The van der Waals surface area contributed by atoms with Crippen LogP contribution in [-0.4, -0.2) is 50.6 Å². The zero-order chi connectivity index (χ0) is 22.2. The fourth-order valence-electron chi connectivity index (χ4n) is 2.98. The van der Waals surface area contributed by atoms with Crippen LogP contribution in [0.25, 0.3) is 5.57 Å². The average molecular weight is 446 g/mol. The minimum atomic E-state index is -0.372. The highest BCUT2D eigenvalue weighted by atomic mass is 32.2. The van der Waals surface area contributed by atoms with Crippen LogP contribution in [0.5, 0.6) is 5.88 Å². The summed E-state index contributed by atoms with van der Waals surface area (Å²) in [5.41, 5.74) is 1.93. The zero-order valence-corrected chi connectivity index (χ0v) is 18.0. The van der Waals surface area contributed by atoms with Crippen molar-refractivity contribution in [2.45, 2.75) is 20.1 Å². The summed E-state index contributed by atoms with van der Waals surface area (Å²) in [6, 6.07) is 3.30. The van der Waals surface area contributed by atoms with Crippen LogP contribution in [0.4, 0.5) is 4.39 Å². The largest absolute Gasteiger partial charge is 0.473 e. The molecule has 1 aliphatic rings. The Morgan fingerprint density at radius 3 is 2.77 bits per heavy atom. The first-order valence-corrected chi connectivity index (χ1v) is 10.9. The van der Waals surface area contributed by atoms with Crippen LogP contribution < -0.4 is 4.74 Å². The highest BCUT2D eigenvalue weighted by Crippen LogP contribution is 2.25. The van der Waals surface area contributed by atoms with E-state index in [-0.39, 0.29) is 30.7 Å². The van der Waals surface area contributed by atoms with Gasteiger partial charge in [0.2, 0.25) is 5.88 Å². The van der Waals surface area contributed by atoms with Gasteiger partial charge in [0.15, 0.2) is 5.76 Å². The second-order valence-electron chi connectivity index (χ2n) is 6.75. The van der Waals surface area contributed by atoms with E-state index in [1.54, 1.807) is 12.1 Å². The van der Waals surface area contributed by atoms with Gasteiger partial charge in [0.1, 0.15) is 18.9 Å². The van der Waals surface area contributed by atoms with Crippen LogP contribution in [0.1, 0.15) is 34.3 Å². The van der Waals surface area contributed by atoms with Gasteiger partial charge in [-0.15, -0.1) is 0 Å². The Kier molecular flexibility index (Phi) is 8.02. The Labute approximate surface area is 184 Å². The molecule has 3 heterocycles. The molecule has 2 aromatic rings. The summed E-state index contributed by atoms with van der Waals surface area (Å²) < 4.78 is 24.0. The molecule has 3 rings (SSSR count). The lowest BCUT2D eigenvalue weighted by Gasteiger charge is -2.26. The Morgan fingerprint density at radius 2 is 2.16 bits per heavy atom. The van der Waals surface area contributed by atoms with Crippen molar-refractivity contribution in [3.63, 3.8) is 0 Å². The number of halogens is 1. The van der Waals surface area contributed by atoms with Crippen molar-refractivity contribution in [1.29, 1.82) is 0 Å². The lowest BCUT2D eigenvalue weighted by atomic mass is 10.1. The number of aliphatic hydroxyl groups excluding tert-OH is 1. The number of nitrogens with zero attached hydrogens (tertiary/aromatic N) is 3. The van der Waals surface area contributed by atoms with E-state index in [1.165, 1.54) is 31.3 Å². The number of carbonyl (C=O) groups excluding carboxylic acids is 1. The van der Waals surface area contributed by atoms with Gasteiger partial charge in [0.05, 0.1) is 17.0 Å². The van der Waals surface area contributed by atoms with Crippen LogP contribution in [-0.2, 0) is 13.2 Å². The molecule has 0 radical (unpaired) electrons. The monoisotopic (exact) mass is 445 g/mol. The second-order valence-corrected chi connectivity index (χ2v) is 7.97. The van der Waals surface area contributed by atoms with Gasteiger partial charge in [-0.3, -0.25) is 4.79 Å². The third kappa shape index (κ3) is 5.83. The third-order valence-corrected chi connectivity index (χ3v) is 5.59. The van der Waals surface area contributed by atoms with Crippen molar-refractivity contribution in [3.8, 4) is 5.88 Å². The number of rotatable bonds is 8. The van der Waals surface area contributed by atoms with Gasteiger partial charge >= 0.3 is 0 Å². The summed E-state index contributed by atoms with van der Waals surface area (Å²) in [5, 5.41) is 13.5. The van der Waals surface area contributed by atoms with E-state index in [4.69, 9.17) is 9.26 Å². The van der Waals surface area contributed by atoms with Crippen molar-refractivity contribution in [2.24, 2.45) is 0 Å². The van der Waals surface area contributed by atoms with Gasteiger partial charge in [-0.2, -0.15) is 11.8 Å². The van der Waals surface area contributed by atoms with Gasteiger partial charge in [-0.05, 0) is 19.1 Å². The summed E-state index contributed by atoms with van der Waals surface area (Å²) in [6.07, 6.45) is 5.81. The molecule has 0 unspecified atom stereocenters. The first kappa shape index (κ1) is 22.8. The molecule has 7 nitrogen and oxygen atoms in total. The Bertz CT molecular complexity index is 975. The quantitative estimate of drug-likeness (QED) is 0.619. The van der Waals surface area contributed by atoms with Crippen LogP contribution in [0.2, 0.25) is 0 Å². The van der Waals surface area contributed by atoms with E-state index < -0.39 is 0 Å². The number of hydrogen-bond donors (Lipinski definition) is 1. The molecular formula is C22H24FN3O4S. The highest BCUT2D eigenvalue weighted by Gasteiger charge is 2.20. The molecule has 9 heteroatoms. The van der Waals surface area contributed by atoms with Crippen molar-refractivity contribution >= 4 is 23.2 Å². The van der Waals surface area contributed by atoms with Gasteiger partial charge < -0.3 is 19.3 Å². The SMILES string of the molecule is C=C/C(=C\C=C(/C)F)c1noc(CO)c1COc1ccc(C(=O)N2CCSCC2)cn1. The number of carbonyl (C=O) groups is 1. The molecule has 1 amide bonds. The van der Waals surface area contributed by atoms with Crippen LogP contribution in [0.15, 0.2) is 53.5 Å². The number of pyridine rings is 1. The molecule has 1 N–H and O–H groups in total. The molecule has 1 aliphatic heterocycles. The lowest BCUT2D eigenvalue weighted by Crippen LogP contribution is -2.37. The molecule has 164 valence electrons. The molecule has 0 aromatic carbocycles. The minimum absolute atomic E-state index is 0.0157. The molecule has 0 saturated carbocycles. The van der Waals surface area contributed by atoms with Gasteiger partial charge in [0, 0.05) is 42.4 Å². The number of thioether (sulfide) groups is 1. The molecule has 2 aromatic heterocycles. The fourth-order valence-corrected chi connectivity index (χ4v) is 3.88. The number of hydrogen-bond acceptors (Lipinski definition) is 7. The topological polar surface area (TPSA) is 88.7 Å². The summed E-state index contributed by atoms with van der Waals surface area (Å²) in [6.45, 7) is 6.16. The maximum Gasteiger partial charge on any atom is 0.255 e. The molecule has 0 bridgehead atoms. The first-order valence-electron chi connectivity index (χ1n) is 9.74. The van der Waals surface area contributed by atoms with Gasteiger partial charge in [0.25, 0.3) is 5.91 Å². The van der Waals surface area contributed by atoms with Gasteiger partial charge in [-0.25, -0.2) is 9.37 Å². The predicted octanol–water partition coefficient (Wildman–Crippen LogP) is 3.77. The molecule has 1 fully saturated rings. The van der Waals surface area contributed by atoms with E-state index in [9.17, 15) is 14.3 Å². The van der Waals surface area contributed by atoms with Crippen molar-refractivity contribution in [3.05, 3.63) is 71.5 Å². The third-order valence-electron chi connectivity index (χ3n) is 4.65. The molecule has 1 saturated heterocycles. The van der Waals surface area contributed by atoms with E-state index in [2.05, 4.69) is 16.7 Å². The van der Waals surface area contributed by atoms with E-state index in [0.717, 1.165) is 24.6 Å². The van der Waals surface area contributed by atoms with Crippen molar-refractivity contribution in [2.75, 3.05) is 24.6 Å². The maximum atomic E-state index is 13.1. The summed E-state index contributed by atoms with van der Waals surface area (Å²) in [7, 11) is 0. The van der Waals surface area contributed by atoms with Gasteiger partial charge in [-0.1, -0.05) is 23.9 Å².